The number of rotatable bonds is 5. The van der Waals surface area contributed by atoms with Crippen LogP contribution in [0.5, 0.6) is 11.5 Å². The van der Waals surface area contributed by atoms with Gasteiger partial charge < -0.3 is 20.1 Å². The zero-order chi connectivity index (χ0) is 18.7. The fraction of sp³-hybridized carbons (Fsp3) is 0.263. The van der Waals surface area contributed by atoms with Gasteiger partial charge in [-0.3, -0.25) is 9.59 Å². The summed E-state index contributed by atoms with van der Waals surface area (Å²) in [5, 5.41) is 5.20. The third-order valence-corrected chi connectivity index (χ3v) is 3.73. The number of halogens is 1. The van der Waals surface area contributed by atoms with E-state index < -0.39 is 5.82 Å². The van der Waals surface area contributed by atoms with Crippen LogP contribution in [-0.2, 0) is 4.79 Å². The van der Waals surface area contributed by atoms with E-state index in [1.54, 1.807) is 18.2 Å². The SMILES string of the molecule is CC(C)CC(=O)Nc1cc(NC(=O)c2ccc3c(c2)OCO3)ccc1F. The monoisotopic (exact) mass is 358 g/mol. The van der Waals surface area contributed by atoms with Crippen LogP contribution in [-0.4, -0.2) is 18.6 Å². The van der Waals surface area contributed by atoms with E-state index >= 15 is 0 Å². The third-order valence-electron chi connectivity index (χ3n) is 3.73. The molecule has 136 valence electrons. The Balaban J connectivity index is 1.72. The van der Waals surface area contributed by atoms with Gasteiger partial charge in [0.25, 0.3) is 5.91 Å². The Morgan fingerprint density at radius 3 is 2.62 bits per heavy atom. The summed E-state index contributed by atoms with van der Waals surface area (Å²) in [6, 6.07) is 8.85. The van der Waals surface area contributed by atoms with Crippen LogP contribution in [0, 0.1) is 11.7 Å². The van der Waals surface area contributed by atoms with Crippen molar-refractivity contribution in [1.82, 2.24) is 0 Å². The van der Waals surface area contributed by atoms with E-state index in [1.807, 2.05) is 13.8 Å². The Kier molecular flexibility index (Phi) is 5.06. The fourth-order valence-corrected chi connectivity index (χ4v) is 2.51. The number of amides is 2. The van der Waals surface area contributed by atoms with E-state index in [4.69, 9.17) is 9.47 Å². The lowest BCUT2D eigenvalue weighted by Crippen LogP contribution is -2.16. The summed E-state index contributed by atoms with van der Waals surface area (Å²) < 4.78 is 24.4. The molecule has 1 heterocycles. The van der Waals surface area contributed by atoms with Crippen molar-refractivity contribution >= 4 is 23.2 Å². The summed E-state index contributed by atoms with van der Waals surface area (Å²) in [4.78, 5) is 24.2. The largest absolute Gasteiger partial charge is 0.454 e. The molecular weight excluding hydrogens is 339 g/mol. The van der Waals surface area contributed by atoms with E-state index in [-0.39, 0.29) is 36.6 Å². The van der Waals surface area contributed by atoms with Gasteiger partial charge in [-0.25, -0.2) is 4.39 Å². The first-order valence-electron chi connectivity index (χ1n) is 8.23. The first-order chi connectivity index (χ1) is 12.4. The first kappa shape index (κ1) is 17.7. The van der Waals surface area contributed by atoms with Crippen molar-refractivity contribution in [3.05, 3.63) is 47.8 Å². The zero-order valence-electron chi connectivity index (χ0n) is 14.5. The van der Waals surface area contributed by atoms with Gasteiger partial charge in [-0.2, -0.15) is 0 Å². The zero-order valence-corrected chi connectivity index (χ0v) is 14.5. The minimum atomic E-state index is -0.566. The van der Waals surface area contributed by atoms with Crippen molar-refractivity contribution < 1.29 is 23.5 Å². The summed E-state index contributed by atoms with van der Waals surface area (Å²) >= 11 is 0. The molecule has 0 fully saturated rings. The van der Waals surface area contributed by atoms with Crippen molar-refractivity contribution in [3.8, 4) is 11.5 Å². The molecule has 0 radical (unpaired) electrons. The number of fused-ring (bicyclic) bond motifs is 1. The van der Waals surface area contributed by atoms with E-state index in [2.05, 4.69) is 10.6 Å². The Bertz CT molecular complexity index is 851. The van der Waals surface area contributed by atoms with Crippen molar-refractivity contribution in [2.75, 3.05) is 17.4 Å². The molecular formula is C19H19FN2O4. The molecule has 0 aliphatic carbocycles. The fourth-order valence-electron chi connectivity index (χ4n) is 2.51. The van der Waals surface area contributed by atoms with Gasteiger partial charge in [0.1, 0.15) is 5.82 Å². The quantitative estimate of drug-likeness (QED) is 0.853. The Labute approximate surface area is 150 Å². The predicted octanol–water partition coefficient (Wildman–Crippen LogP) is 3.79. The van der Waals surface area contributed by atoms with Gasteiger partial charge in [0, 0.05) is 17.7 Å². The highest BCUT2D eigenvalue weighted by molar-refractivity contribution is 6.05. The molecule has 0 saturated carbocycles. The van der Waals surface area contributed by atoms with Gasteiger partial charge in [-0.05, 0) is 42.3 Å². The molecule has 3 rings (SSSR count). The first-order valence-corrected chi connectivity index (χ1v) is 8.23. The molecule has 7 heteroatoms. The highest BCUT2D eigenvalue weighted by Gasteiger charge is 2.17. The second-order valence-corrected chi connectivity index (χ2v) is 6.36. The Morgan fingerprint density at radius 1 is 1.08 bits per heavy atom. The van der Waals surface area contributed by atoms with Crippen LogP contribution in [0.25, 0.3) is 0 Å². The molecule has 2 aromatic carbocycles. The lowest BCUT2D eigenvalue weighted by Gasteiger charge is -2.11. The normalized spacial score (nSPS) is 12.2. The average Bonchev–Trinajstić information content (AvgIpc) is 3.04. The number of nitrogens with one attached hydrogen (secondary N) is 2. The molecule has 2 amide bonds. The Morgan fingerprint density at radius 2 is 1.85 bits per heavy atom. The minimum Gasteiger partial charge on any atom is -0.454 e. The predicted molar refractivity (Wildman–Crippen MR) is 95.0 cm³/mol. The molecule has 0 spiro atoms. The van der Waals surface area contributed by atoms with Gasteiger partial charge in [0.15, 0.2) is 11.5 Å². The molecule has 1 aliphatic heterocycles. The standard InChI is InChI=1S/C19H19FN2O4/c1-11(2)7-18(23)22-15-9-13(4-5-14(15)20)21-19(24)12-3-6-16-17(8-12)26-10-25-16/h3-6,8-9,11H,7,10H2,1-2H3,(H,21,24)(H,22,23). The van der Waals surface area contributed by atoms with E-state index in [9.17, 15) is 14.0 Å². The highest BCUT2D eigenvalue weighted by atomic mass is 19.1. The number of hydrogen-bond acceptors (Lipinski definition) is 4. The van der Waals surface area contributed by atoms with Crippen LogP contribution in [0.2, 0.25) is 0 Å². The molecule has 26 heavy (non-hydrogen) atoms. The van der Waals surface area contributed by atoms with Gasteiger partial charge in [0.2, 0.25) is 12.7 Å². The minimum absolute atomic E-state index is 0.0270. The topological polar surface area (TPSA) is 76.7 Å². The third kappa shape index (κ3) is 4.11. The van der Waals surface area contributed by atoms with Crippen LogP contribution < -0.4 is 20.1 Å². The lowest BCUT2D eigenvalue weighted by atomic mass is 10.1. The van der Waals surface area contributed by atoms with E-state index in [0.717, 1.165) is 0 Å². The summed E-state index contributed by atoms with van der Waals surface area (Å²) in [7, 11) is 0. The number of anilines is 2. The summed E-state index contributed by atoms with van der Waals surface area (Å²) in [5.74, 6) is 0.0135. The van der Waals surface area contributed by atoms with E-state index in [0.29, 0.717) is 22.7 Å². The van der Waals surface area contributed by atoms with Crippen LogP contribution in [0.1, 0.15) is 30.6 Å². The maximum atomic E-state index is 13.9. The molecule has 2 aromatic rings. The summed E-state index contributed by atoms with van der Waals surface area (Å²) in [5.41, 5.74) is 0.775. The number of carbonyl (C=O) groups is 2. The maximum absolute atomic E-state index is 13.9. The summed E-state index contributed by atoms with van der Waals surface area (Å²) in [6.45, 7) is 3.92. The van der Waals surface area contributed by atoms with Gasteiger partial charge >= 0.3 is 0 Å². The van der Waals surface area contributed by atoms with E-state index in [1.165, 1.54) is 18.2 Å². The number of hydrogen-bond donors (Lipinski definition) is 2. The van der Waals surface area contributed by atoms with Crippen molar-refractivity contribution in [1.29, 1.82) is 0 Å². The molecule has 6 nitrogen and oxygen atoms in total. The molecule has 0 aromatic heterocycles. The van der Waals surface area contributed by atoms with Gasteiger partial charge in [-0.1, -0.05) is 13.8 Å². The van der Waals surface area contributed by atoms with Crippen molar-refractivity contribution in [3.63, 3.8) is 0 Å². The molecule has 2 N–H and O–H groups in total. The van der Waals surface area contributed by atoms with Crippen LogP contribution in [0.3, 0.4) is 0 Å². The van der Waals surface area contributed by atoms with Crippen molar-refractivity contribution in [2.24, 2.45) is 5.92 Å². The Hall–Kier alpha value is -3.09. The molecule has 0 saturated heterocycles. The lowest BCUT2D eigenvalue weighted by molar-refractivity contribution is -0.116. The molecule has 1 aliphatic rings. The van der Waals surface area contributed by atoms with Gasteiger partial charge in [-0.15, -0.1) is 0 Å². The number of carbonyl (C=O) groups excluding carboxylic acids is 2. The second kappa shape index (κ2) is 7.43. The van der Waals surface area contributed by atoms with Gasteiger partial charge in [0.05, 0.1) is 5.69 Å². The number of ether oxygens (including phenoxy) is 2. The smallest absolute Gasteiger partial charge is 0.255 e. The van der Waals surface area contributed by atoms with Crippen LogP contribution >= 0.6 is 0 Å². The van der Waals surface area contributed by atoms with Crippen LogP contribution in [0.15, 0.2) is 36.4 Å². The molecule has 0 unspecified atom stereocenters. The van der Waals surface area contributed by atoms with Crippen molar-refractivity contribution in [2.45, 2.75) is 20.3 Å². The molecule has 0 bridgehead atoms. The molecule has 0 atom stereocenters. The highest BCUT2D eigenvalue weighted by Crippen LogP contribution is 2.32. The number of benzene rings is 2. The second-order valence-electron chi connectivity index (χ2n) is 6.36. The summed E-state index contributed by atoms with van der Waals surface area (Å²) in [6.07, 6.45) is 0.285. The van der Waals surface area contributed by atoms with Crippen LogP contribution in [0.4, 0.5) is 15.8 Å². The average molecular weight is 358 g/mol. The maximum Gasteiger partial charge on any atom is 0.255 e.